The van der Waals surface area contributed by atoms with Crippen molar-refractivity contribution in [1.29, 1.82) is 0 Å². The van der Waals surface area contributed by atoms with Crippen LogP contribution in [0.1, 0.15) is 49.2 Å². The van der Waals surface area contributed by atoms with Crippen LogP contribution in [0.4, 0.5) is 0 Å². The monoisotopic (exact) mass is 385 g/mol. The summed E-state index contributed by atoms with van der Waals surface area (Å²) in [6.45, 7) is 8.31. The van der Waals surface area contributed by atoms with Gasteiger partial charge in [-0.1, -0.05) is 11.3 Å². The van der Waals surface area contributed by atoms with E-state index in [4.69, 9.17) is 4.74 Å². The Bertz CT molecular complexity index is 1020. The molecule has 150 valence electrons. The van der Waals surface area contributed by atoms with Crippen molar-refractivity contribution in [3.05, 3.63) is 40.7 Å². The van der Waals surface area contributed by atoms with Crippen molar-refractivity contribution in [3.8, 4) is 0 Å². The van der Waals surface area contributed by atoms with Gasteiger partial charge in [0.05, 0.1) is 36.0 Å². The molecule has 2 heterocycles. The zero-order valence-corrected chi connectivity index (χ0v) is 17.2. The smallest absolute Gasteiger partial charge is 0.312 e. The van der Waals surface area contributed by atoms with Crippen LogP contribution >= 0.6 is 0 Å². The number of carbonyl (C=O) groups is 1. The Morgan fingerprint density at radius 3 is 2.64 bits per heavy atom. The lowest BCUT2D eigenvalue weighted by Gasteiger charge is -2.32. The molecule has 0 aliphatic heterocycles. The quantitative estimate of drug-likeness (QED) is 0.654. The van der Waals surface area contributed by atoms with Crippen molar-refractivity contribution in [2.45, 2.75) is 46.8 Å². The maximum Gasteiger partial charge on any atom is 0.312 e. The molecule has 0 bridgehead atoms. The summed E-state index contributed by atoms with van der Waals surface area (Å²) in [5.41, 5.74) is 4.15. The fraction of sp³-hybridized carbons (Fsp3) is 0.500. The van der Waals surface area contributed by atoms with Crippen LogP contribution in [0.3, 0.4) is 0 Å². The molecule has 0 unspecified atom stereocenters. The number of methoxy groups -OCH3 is 1. The molecule has 0 radical (unpaired) electrons. The summed E-state index contributed by atoms with van der Waals surface area (Å²) in [5, 5.41) is 22.7. The Balaban J connectivity index is 2.26. The topological polar surface area (TPSA) is 95.1 Å². The van der Waals surface area contributed by atoms with E-state index in [1.165, 1.54) is 7.11 Å². The predicted octanol–water partition coefficient (Wildman–Crippen LogP) is 2.32. The highest BCUT2D eigenvalue weighted by molar-refractivity contribution is 5.82. The lowest BCUT2D eigenvalue weighted by atomic mass is 9.71. The zero-order chi connectivity index (χ0) is 20.6. The summed E-state index contributed by atoms with van der Waals surface area (Å²) in [7, 11) is 3.17. The second-order valence-electron chi connectivity index (χ2n) is 7.54. The van der Waals surface area contributed by atoms with Crippen LogP contribution in [-0.2, 0) is 29.7 Å². The van der Waals surface area contributed by atoms with Crippen LogP contribution in [0.25, 0.3) is 11.0 Å². The van der Waals surface area contributed by atoms with E-state index in [0.717, 1.165) is 28.7 Å². The van der Waals surface area contributed by atoms with Crippen LogP contribution in [0.5, 0.6) is 0 Å². The van der Waals surface area contributed by atoms with Crippen molar-refractivity contribution in [3.63, 3.8) is 0 Å². The van der Waals surface area contributed by atoms with Gasteiger partial charge in [0.1, 0.15) is 5.52 Å². The number of benzene rings is 1. The van der Waals surface area contributed by atoms with Gasteiger partial charge in [-0.2, -0.15) is 5.10 Å². The molecule has 1 aromatic carbocycles. The van der Waals surface area contributed by atoms with E-state index < -0.39 is 5.41 Å². The van der Waals surface area contributed by atoms with Crippen molar-refractivity contribution in [2.24, 2.45) is 12.5 Å². The van der Waals surface area contributed by atoms with Gasteiger partial charge in [-0.3, -0.25) is 9.48 Å². The van der Waals surface area contributed by atoms with E-state index >= 15 is 0 Å². The van der Waals surface area contributed by atoms with E-state index in [9.17, 15) is 9.90 Å². The number of aromatic nitrogens is 5. The Labute approximate surface area is 164 Å². The fourth-order valence-electron chi connectivity index (χ4n) is 3.85. The number of hydrogen-bond donors (Lipinski definition) is 1. The molecule has 3 aromatic rings. The van der Waals surface area contributed by atoms with Gasteiger partial charge in [-0.25, -0.2) is 4.68 Å². The summed E-state index contributed by atoms with van der Waals surface area (Å²) in [5.74, 6) is -0.701. The molecule has 1 atom stereocenters. The Morgan fingerprint density at radius 1 is 1.36 bits per heavy atom. The van der Waals surface area contributed by atoms with Crippen molar-refractivity contribution in [2.75, 3.05) is 7.11 Å². The second kappa shape index (κ2) is 7.35. The van der Waals surface area contributed by atoms with Crippen LogP contribution in [0, 0.1) is 12.3 Å². The number of esters is 1. The van der Waals surface area contributed by atoms with Gasteiger partial charge in [-0.15, -0.1) is 5.10 Å². The predicted molar refractivity (Wildman–Crippen MR) is 105 cm³/mol. The molecule has 3 rings (SSSR count). The van der Waals surface area contributed by atoms with Crippen molar-refractivity contribution >= 4 is 17.0 Å². The first kappa shape index (κ1) is 20.0. The molecule has 0 saturated heterocycles. The zero-order valence-electron chi connectivity index (χ0n) is 17.2. The first-order valence-electron chi connectivity index (χ1n) is 9.31. The first-order chi connectivity index (χ1) is 13.3. The van der Waals surface area contributed by atoms with E-state index in [1.54, 1.807) is 11.7 Å². The molecule has 0 aliphatic carbocycles. The summed E-state index contributed by atoms with van der Waals surface area (Å²) in [4.78, 5) is 12.7. The molecule has 28 heavy (non-hydrogen) atoms. The summed E-state index contributed by atoms with van der Waals surface area (Å²) < 4.78 is 8.58. The highest BCUT2D eigenvalue weighted by Gasteiger charge is 2.42. The van der Waals surface area contributed by atoms with Crippen LogP contribution in [-0.4, -0.2) is 43.0 Å². The lowest BCUT2D eigenvalue weighted by molar-refractivity contribution is -0.151. The molecule has 0 saturated carbocycles. The number of fused-ring (bicyclic) bond motifs is 1. The Hall–Kier alpha value is -2.74. The minimum Gasteiger partial charge on any atom is -0.469 e. The van der Waals surface area contributed by atoms with Gasteiger partial charge in [-0.05, 0) is 51.0 Å². The van der Waals surface area contributed by atoms with Crippen LogP contribution in [0.15, 0.2) is 18.2 Å². The summed E-state index contributed by atoms with van der Waals surface area (Å²) >= 11 is 0. The largest absolute Gasteiger partial charge is 0.469 e. The molecule has 0 aliphatic rings. The molecule has 8 heteroatoms. The normalized spacial score (nSPS) is 13.1. The Kier molecular flexibility index (Phi) is 5.25. The van der Waals surface area contributed by atoms with Gasteiger partial charge in [0, 0.05) is 19.5 Å². The average molecular weight is 385 g/mol. The lowest BCUT2D eigenvalue weighted by Crippen LogP contribution is -2.34. The number of carbonyl (C=O) groups excluding carboxylic acids is 1. The van der Waals surface area contributed by atoms with E-state index in [0.29, 0.717) is 11.4 Å². The van der Waals surface area contributed by atoms with Crippen molar-refractivity contribution in [1.82, 2.24) is 24.8 Å². The number of aliphatic hydroxyl groups is 1. The second-order valence-corrected chi connectivity index (χ2v) is 7.54. The number of aryl methyl sites for hydroxylation is 3. The molecule has 2 aromatic heterocycles. The Morgan fingerprint density at radius 2 is 2.07 bits per heavy atom. The minimum atomic E-state index is -0.880. The number of nitrogens with zero attached hydrogens (tertiary/aromatic N) is 5. The third-order valence-corrected chi connectivity index (χ3v) is 5.48. The molecule has 0 amide bonds. The maximum atomic E-state index is 12.7. The third kappa shape index (κ3) is 3.07. The number of rotatable bonds is 6. The van der Waals surface area contributed by atoms with Crippen LogP contribution < -0.4 is 0 Å². The highest BCUT2D eigenvalue weighted by Crippen LogP contribution is 2.43. The van der Waals surface area contributed by atoms with Gasteiger partial charge in [0.2, 0.25) is 0 Å². The standard InChI is InChI=1S/C20H27N5O3/c1-7-25-16-9-8-14(12(2)18(16)21-23-25)17(20(3,4)19(27)28-6)15-10-13(11-26)24(5)22-15/h8-10,17,26H,7,11H2,1-6H3/t17-/m0/s1. The minimum absolute atomic E-state index is 0.127. The molecule has 0 fully saturated rings. The molecular formula is C20H27N5O3. The average Bonchev–Trinajstić information content (AvgIpc) is 3.26. The van der Waals surface area contributed by atoms with E-state index in [2.05, 4.69) is 15.4 Å². The fourth-order valence-corrected chi connectivity index (χ4v) is 3.85. The number of aliphatic hydroxyl groups excluding tert-OH is 1. The van der Waals surface area contributed by atoms with Gasteiger partial charge < -0.3 is 9.84 Å². The molecule has 0 spiro atoms. The maximum absolute atomic E-state index is 12.7. The molecule has 1 N–H and O–H groups in total. The number of ether oxygens (including phenoxy) is 1. The van der Waals surface area contributed by atoms with E-state index in [1.807, 2.05) is 50.6 Å². The van der Waals surface area contributed by atoms with Crippen molar-refractivity contribution < 1.29 is 14.6 Å². The summed E-state index contributed by atoms with van der Waals surface area (Å²) in [6, 6.07) is 5.83. The molecular weight excluding hydrogens is 358 g/mol. The third-order valence-electron chi connectivity index (χ3n) is 5.48. The van der Waals surface area contributed by atoms with Gasteiger partial charge in [0.25, 0.3) is 0 Å². The van der Waals surface area contributed by atoms with Crippen LogP contribution in [0.2, 0.25) is 0 Å². The molecule has 8 nitrogen and oxygen atoms in total. The number of hydrogen-bond acceptors (Lipinski definition) is 6. The summed E-state index contributed by atoms with van der Waals surface area (Å²) in [6.07, 6.45) is 0. The highest BCUT2D eigenvalue weighted by atomic mass is 16.5. The van der Waals surface area contributed by atoms with Gasteiger partial charge in [0.15, 0.2) is 0 Å². The SMILES string of the molecule is CCn1nnc2c(C)c([C@@H](c3cc(CO)n(C)n3)C(C)(C)C(=O)OC)ccc21. The van der Waals surface area contributed by atoms with Gasteiger partial charge >= 0.3 is 5.97 Å². The first-order valence-corrected chi connectivity index (χ1v) is 9.31. The van der Waals surface area contributed by atoms with E-state index in [-0.39, 0.29) is 18.5 Å².